The lowest BCUT2D eigenvalue weighted by atomic mass is 10.1. The zero-order valence-electron chi connectivity index (χ0n) is 21.2. The zero-order chi connectivity index (χ0) is 25.3. The highest BCUT2D eigenvalue weighted by Crippen LogP contribution is 2.44. The van der Waals surface area contributed by atoms with Gasteiger partial charge in [0, 0.05) is 35.2 Å². The summed E-state index contributed by atoms with van der Waals surface area (Å²) in [5.74, 6) is 2.67. The summed E-state index contributed by atoms with van der Waals surface area (Å²) in [6, 6.07) is 15.1. The highest BCUT2D eigenvalue weighted by molar-refractivity contribution is 7.98. The molecule has 2 aliphatic carbocycles. The molecule has 2 saturated carbocycles. The number of carbonyl (C=O) groups is 3. The number of carbonyl (C=O) groups excluding carboxylic acids is 3. The van der Waals surface area contributed by atoms with Crippen molar-refractivity contribution in [2.24, 2.45) is 11.8 Å². The molecular formula is C30H38N2O3S. The van der Waals surface area contributed by atoms with E-state index in [2.05, 4.69) is 29.6 Å². The lowest BCUT2D eigenvalue weighted by Crippen LogP contribution is -2.34. The summed E-state index contributed by atoms with van der Waals surface area (Å²) >= 11 is 1.71. The molecule has 0 radical (unpaired) electrons. The molecule has 1 unspecified atom stereocenters. The summed E-state index contributed by atoms with van der Waals surface area (Å²) in [6.45, 7) is 1.53. The van der Waals surface area contributed by atoms with Crippen molar-refractivity contribution in [1.29, 1.82) is 0 Å². The van der Waals surface area contributed by atoms with E-state index in [0.717, 1.165) is 65.9 Å². The van der Waals surface area contributed by atoms with Crippen molar-refractivity contribution in [3.05, 3.63) is 64.7 Å². The molecule has 192 valence electrons. The molecule has 0 bridgehead atoms. The molecule has 0 heterocycles. The van der Waals surface area contributed by atoms with Crippen LogP contribution in [0.25, 0.3) is 0 Å². The Labute approximate surface area is 219 Å². The summed E-state index contributed by atoms with van der Waals surface area (Å²) < 4.78 is 0. The minimum absolute atomic E-state index is 0.346. The van der Waals surface area contributed by atoms with E-state index in [4.69, 9.17) is 0 Å². The number of benzene rings is 2. The molecule has 4 rings (SSSR count). The van der Waals surface area contributed by atoms with Gasteiger partial charge in [0.05, 0.1) is 6.04 Å². The fraction of sp³-hybridized carbons (Fsp3) is 0.500. The topological polar surface area (TPSA) is 66.5 Å². The lowest BCUT2D eigenvalue weighted by Gasteiger charge is -2.25. The summed E-state index contributed by atoms with van der Waals surface area (Å²) in [7, 11) is 1.87. The van der Waals surface area contributed by atoms with E-state index in [-0.39, 0.29) is 6.04 Å². The number of nitrogens with zero attached hydrogens (tertiary/aromatic N) is 1. The molecule has 2 fully saturated rings. The number of hydrogen-bond donors (Lipinski definition) is 1. The molecule has 2 aromatic carbocycles. The highest BCUT2D eigenvalue weighted by Gasteiger charge is 2.40. The molecule has 0 amide bonds. The van der Waals surface area contributed by atoms with Crippen LogP contribution in [0.1, 0.15) is 65.6 Å². The van der Waals surface area contributed by atoms with Gasteiger partial charge in [-0.3, -0.25) is 9.69 Å². The van der Waals surface area contributed by atoms with Gasteiger partial charge in [-0.1, -0.05) is 36.4 Å². The minimum Gasteiger partial charge on any atom is -0.313 e. The number of hydrogen-bond acceptors (Lipinski definition) is 6. The van der Waals surface area contributed by atoms with Gasteiger partial charge >= 0.3 is 0 Å². The van der Waals surface area contributed by atoms with Gasteiger partial charge in [0.1, 0.15) is 18.9 Å². The SMILES string of the molecule is CN(Cc1c(C=O)cccc1SCc1ccc(CCNC(C2CC2)C2CC2)cc1)C(C=O)CCC=O. The third-order valence-corrected chi connectivity index (χ3v) is 8.65. The van der Waals surface area contributed by atoms with Gasteiger partial charge in [0.25, 0.3) is 0 Å². The van der Waals surface area contributed by atoms with Crippen LogP contribution in [0.2, 0.25) is 0 Å². The maximum atomic E-state index is 11.7. The number of thioether (sulfide) groups is 1. The Bertz CT molecular complexity index is 1010. The highest BCUT2D eigenvalue weighted by atomic mass is 32.2. The van der Waals surface area contributed by atoms with Gasteiger partial charge in [-0.25, -0.2) is 0 Å². The minimum atomic E-state index is -0.348. The fourth-order valence-electron chi connectivity index (χ4n) is 4.97. The normalized spacial score (nSPS) is 16.3. The van der Waals surface area contributed by atoms with Crippen molar-refractivity contribution in [2.75, 3.05) is 13.6 Å². The van der Waals surface area contributed by atoms with Gasteiger partial charge in [0.15, 0.2) is 0 Å². The van der Waals surface area contributed by atoms with E-state index in [1.165, 1.54) is 36.8 Å². The Hall–Kier alpha value is -2.28. The van der Waals surface area contributed by atoms with Crippen molar-refractivity contribution in [3.8, 4) is 0 Å². The van der Waals surface area contributed by atoms with Crippen LogP contribution in [-0.4, -0.2) is 49.4 Å². The van der Waals surface area contributed by atoms with Crippen molar-refractivity contribution in [2.45, 2.75) is 74.2 Å². The Morgan fingerprint density at radius 3 is 2.31 bits per heavy atom. The van der Waals surface area contributed by atoms with E-state index in [9.17, 15) is 14.4 Å². The number of rotatable bonds is 17. The Morgan fingerprint density at radius 2 is 1.69 bits per heavy atom. The van der Waals surface area contributed by atoms with Crippen LogP contribution in [-0.2, 0) is 28.3 Å². The first-order valence-electron chi connectivity index (χ1n) is 13.2. The first-order valence-corrected chi connectivity index (χ1v) is 14.2. The van der Waals surface area contributed by atoms with E-state index in [0.29, 0.717) is 24.9 Å². The first kappa shape index (κ1) is 26.8. The lowest BCUT2D eigenvalue weighted by molar-refractivity contribution is -0.113. The van der Waals surface area contributed by atoms with Gasteiger partial charge in [-0.05, 0) is 86.7 Å². The van der Waals surface area contributed by atoms with Crippen molar-refractivity contribution >= 4 is 30.6 Å². The van der Waals surface area contributed by atoms with Crippen LogP contribution in [0.5, 0.6) is 0 Å². The predicted octanol–water partition coefficient (Wildman–Crippen LogP) is 5.09. The monoisotopic (exact) mass is 506 g/mol. The molecule has 5 nitrogen and oxygen atoms in total. The second-order valence-corrected chi connectivity index (χ2v) is 11.3. The summed E-state index contributed by atoms with van der Waals surface area (Å²) in [4.78, 5) is 37.0. The summed E-state index contributed by atoms with van der Waals surface area (Å²) in [6.07, 6.45) is 10.1. The molecule has 1 N–H and O–H groups in total. The van der Waals surface area contributed by atoms with E-state index in [1.54, 1.807) is 11.8 Å². The zero-order valence-corrected chi connectivity index (χ0v) is 22.1. The largest absolute Gasteiger partial charge is 0.313 e. The van der Waals surface area contributed by atoms with Crippen LogP contribution in [0.3, 0.4) is 0 Å². The Morgan fingerprint density at radius 1 is 1.00 bits per heavy atom. The third-order valence-electron chi connectivity index (χ3n) is 7.48. The van der Waals surface area contributed by atoms with Gasteiger partial charge in [0.2, 0.25) is 0 Å². The summed E-state index contributed by atoms with van der Waals surface area (Å²) in [5, 5.41) is 3.83. The second kappa shape index (κ2) is 13.3. The van der Waals surface area contributed by atoms with Crippen LogP contribution in [0.4, 0.5) is 0 Å². The molecule has 1 atom stereocenters. The van der Waals surface area contributed by atoms with Gasteiger partial charge < -0.3 is 14.9 Å². The Kier molecular flexibility index (Phi) is 9.90. The average Bonchev–Trinajstić information content (AvgIpc) is 3.82. The standard InChI is InChI=1S/C30H38N2O3S/c1-32(27(20-35)5-3-17-33)18-28-26(19-34)4-2-6-29(28)36-21-23-9-7-22(8-10-23)15-16-31-30(24-11-12-24)25-13-14-25/h2,4,6-10,17,19-20,24-25,27,30-31H,3,5,11-16,18,21H2,1H3. The number of likely N-dealkylation sites (N-methyl/N-ethyl adjacent to an activating group) is 1. The average molecular weight is 507 g/mol. The van der Waals surface area contributed by atoms with Crippen LogP contribution in [0.15, 0.2) is 47.4 Å². The van der Waals surface area contributed by atoms with Crippen molar-refractivity contribution in [1.82, 2.24) is 10.2 Å². The van der Waals surface area contributed by atoms with Crippen LogP contribution < -0.4 is 5.32 Å². The van der Waals surface area contributed by atoms with Crippen LogP contribution >= 0.6 is 11.8 Å². The maximum absolute atomic E-state index is 11.7. The smallest absolute Gasteiger partial charge is 0.150 e. The molecule has 2 aliphatic rings. The first-order chi connectivity index (χ1) is 17.6. The van der Waals surface area contributed by atoms with Gasteiger partial charge in [-0.2, -0.15) is 0 Å². The molecule has 0 spiro atoms. The Balaban J connectivity index is 1.32. The fourth-order valence-corrected chi connectivity index (χ4v) is 6.02. The molecule has 6 heteroatoms. The predicted molar refractivity (Wildman–Crippen MR) is 145 cm³/mol. The van der Waals surface area contributed by atoms with Crippen LogP contribution in [0, 0.1) is 11.8 Å². The molecular weight excluding hydrogens is 468 g/mol. The van der Waals surface area contributed by atoms with Crippen molar-refractivity contribution < 1.29 is 14.4 Å². The molecule has 36 heavy (non-hydrogen) atoms. The quantitative estimate of drug-likeness (QED) is 0.238. The second-order valence-electron chi connectivity index (χ2n) is 10.3. The molecule has 0 aromatic heterocycles. The number of aldehydes is 3. The number of nitrogens with one attached hydrogen (secondary N) is 1. The maximum Gasteiger partial charge on any atom is 0.150 e. The molecule has 0 saturated heterocycles. The van der Waals surface area contributed by atoms with Gasteiger partial charge in [-0.15, -0.1) is 11.8 Å². The van der Waals surface area contributed by atoms with E-state index >= 15 is 0 Å². The molecule has 0 aliphatic heterocycles. The summed E-state index contributed by atoms with van der Waals surface area (Å²) in [5.41, 5.74) is 4.19. The third kappa shape index (κ3) is 7.61. The molecule has 2 aromatic rings. The van der Waals surface area contributed by atoms with E-state index < -0.39 is 0 Å². The van der Waals surface area contributed by atoms with E-state index in [1.807, 2.05) is 30.1 Å². The van der Waals surface area contributed by atoms with Crippen molar-refractivity contribution in [3.63, 3.8) is 0 Å².